The third-order valence-corrected chi connectivity index (χ3v) is 4.39. The van der Waals surface area contributed by atoms with Crippen LogP contribution in [0.1, 0.15) is 23.6 Å². The van der Waals surface area contributed by atoms with Gasteiger partial charge >= 0.3 is 0 Å². The summed E-state index contributed by atoms with van der Waals surface area (Å²) in [5.74, 6) is 1.22. The second-order valence-corrected chi connectivity index (χ2v) is 5.81. The van der Waals surface area contributed by atoms with Gasteiger partial charge in [0.2, 0.25) is 12.7 Å². The van der Waals surface area contributed by atoms with Crippen molar-refractivity contribution in [3.05, 3.63) is 59.4 Å². The van der Waals surface area contributed by atoms with Crippen molar-refractivity contribution in [3.63, 3.8) is 0 Å². The zero-order valence-corrected chi connectivity index (χ0v) is 12.5. The zero-order valence-electron chi connectivity index (χ0n) is 12.5. The highest BCUT2D eigenvalue weighted by Crippen LogP contribution is 2.35. The number of rotatable bonds is 3. The lowest BCUT2D eigenvalue weighted by atomic mass is 9.93. The average molecular weight is 313 g/mol. The van der Waals surface area contributed by atoms with Crippen LogP contribution in [0.15, 0.2) is 42.5 Å². The quantitative estimate of drug-likeness (QED) is 0.874. The van der Waals surface area contributed by atoms with Crippen LogP contribution >= 0.6 is 0 Å². The minimum absolute atomic E-state index is 0.0529. The zero-order chi connectivity index (χ0) is 15.8. The van der Waals surface area contributed by atoms with Gasteiger partial charge in [0.15, 0.2) is 11.5 Å². The predicted octanol–water partition coefficient (Wildman–Crippen LogP) is 3.07. The van der Waals surface area contributed by atoms with Crippen molar-refractivity contribution in [1.82, 2.24) is 4.90 Å². The Kier molecular flexibility index (Phi) is 3.41. The number of carbonyl (C=O) groups is 1. The van der Waals surface area contributed by atoms with Gasteiger partial charge in [-0.2, -0.15) is 0 Å². The molecule has 0 bridgehead atoms. The smallest absolute Gasteiger partial charge is 0.231 e. The van der Waals surface area contributed by atoms with Gasteiger partial charge < -0.3 is 14.4 Å². The minimum atomic E-state index is -0.258. The monoisotopic (exact) mass is 313 g/mol. The first kappa shape index (κ1) is 14.1. The van der Waals surface area contributed by atoms with Gasteiger partial charge in [0.1, 0.15) is 5.82 Å². The highest BCUT2D eigenvalue weighted by molar-refractivity contribution is 5.80. The van der Waals surface area contributed by atoms with E-state index in [1.54, 1.807) is 12.1 Å². The molecule has 0 N–H and O–H groups in total. The summed E-state index contributed by atoms with van der Waals surface area (Å²) in [5.41, 5.74) is 1.89. The lowest BCUT2D eigenvalue weighted by molar-refractivity contribution is -0.138. The molecule has 1 amide bonds. The number of halogens is 1. The molecule has 118 valence electrons. The van der Waals surface area contributed by atoms with Crippen molar-refractivity contribution in [2.75, 3.05) is 13.3 Å². The van der Waals surface area contributed by atoms with Gasteiger partial charge in [0.05, 0.1) is 12.5 Å². The number of nitrogens with zero attached hydrogens (tertiary/aromatic N) is 1. The molecule has 0 radical (unpaired) electrons. The first-order chi connectivity index (χ1) is 11.2. The van der Waals surface area contributed by atoms with E-state index in [1.807, 2.05) is 23.1 Å². The third-order valence-electron chi connectivity index (χ3n) is 4.39. The molecule has 2 heterocycles. The van der Waals surface area contributed by atoms with Crippen LogP contribution in [-0.4, -0.2) is 24.1 Å². The minimum Gasteiger partial charge on any atom is -0.454 e. The van der Waals surface area contributed by atoms with E-state index in [-0.39, 0.29) is 24.6 Å². The van der Waals surface area contributed by atoms with E-state index in [4.69, 9.17) is 9.47 Å². The third kappa shape index (κ3) is 2.63. The molecule has 5 heteroatoms. The molecular weight excluding hydrogens is 297 g/mol. The topological polar surface area (TPSA) is 38.8 Å². The van der Waals surface area contributed by atoms with Crippen molar-refractivity contribution in [2.24, 2.45) is 0 Å². The first-order valence-electron chi connectivity index (χ1n) is 7.64. The Hall–Kier alpha value is -2.56. The summed E-state index contributed by atoms with van der Waals surface area (Å²) in [7, 11) is 0. The predicted molar refractivity (Wildman–Crippen MR) is 81.7 cm³/mol. The van der Waals surface area contributed by atoms with Crippen LogP contribution in [0.2, 0.25) is 0 Å². The van der Waals surface area contributed by atoms with Crippen molar-refractivity contribution < 1.29 is 18.7 Å². The lowest BCUT2D eigenvalue weighted by Crippen LogP contribution is -2.45. The largest absolute Gasteiger partial charge is 0.454 e. The van der Waals surface area contributed by atoms with E-state index in [9.17, 15) is 9.18 Å². The summed E-state index contributed by atoms with van der Waals surface area (Å²) < 4.78 is 23.6. The Morgan fingerprint density at radius 2 is 1.91 bits per heavy atom. The van der Waals surface area contributed by atoms with Gasteiger partial charge in [0.25, 0.3) is 0 Å². The van der Waals surface area contributed by atoms with E-state index < -0.39 is 0 Å². The van der Waals surface area contributed by atoms with E-state index >= 15 is 0 Å². The summed E-state index contributed by atoms with van der Waals surface area (Å²) >= 11 is 0. The Balaban J connectivity index is 1.46. The Morgan fingerprint density at radius 1 is 1.13 bits per heavy atom. The highest BCUT2D eigenvalue weighted by atomic mass is 19.1. The molecule has 2 aromatic carbocycles. The van der Waals surface area contributed by atoms with E-state index in [1.165, 1.54) is 12.1 Å². The number of benzene rings is 2. The van der Waals surface area contributed by atoms with Gasteiger partial charge in [-0.15, -0.1) is 0 Å². The summed E-state index contributed by atoms with van der Waals surface area (Å²) in [4.78, 5) is 14.4. The molecule has 0 saturated carbocycles. The molecule has 1 fully saturated rings. The number of fused-ring (bicyclic) bond motifs is 1. The van der Waals surface area contributed by atoms with E-state index in [0.29, 0.717) is 17.9 Å². The molecule has 1 saturated heterocycles. The summed E-state index contributed by atoms with van der Waals surface area (Å²) in [6.07, 6.45) is 1.24. The molecule has 0 aliphatic carbocycles. The summed E-state index contributed by atoms with van der Waals surface area (Å²) in [5, 5.41) is 0. The van der Waals surface area contributed by atoms with E-state index in [2.05, 4.69) is 0 Å². The number of amides is 1. The van der Waals surface area contributed by atoms with Gasteiger partial charge in [-0.25, -0.2) is 4.39 Å². The molecule has 0 spiro atoms. The SMILES string of the molecule is O=C(Cc1ccc2c(c1)OCO2)N1CC[C@@H]1c1ccc(F)cc1. The molecule has 2 aliphatic rings. The molecule has 0 aromatic heterocycles. The molecule has 1 atom stereocenters. The van der Waals surface area contributed by atoms with Crippen molar-refractivity contribution in [2.45, 2.75) is 18.9 Å². The number of hydrogen-bond acceptors (Lipinski definition) is 3. The maximum absolute atomic E-state index is 13.0. The van der Waals surface area contributed by atoms with Crippen LogP contribution in [0.3, 0.4) is 0 Å². The maximum atomic E-state index is 13.0. The van der Waals surface area contributed by atoms with E-state index in [0.717, 1.165) is 24.1 Å². The fourth-order valence-corrected chi connectivity index (χ4v) is 3.04. The lowest BCUT2D eigenvalue weighted by Gasteiger charge is -2.41. The number of ether oxygens (including phenoxy) is 2. The second kappa shape index (κ2) is 5.57. The fourth-order valence-electron chi connectivity index (χ4n) is 3.04. The molecule has 0 unspecified atom stereocenters. The van der Waals surface area contributed by atoms with Crippen LogP contribution in [0, 0.1) is 5.82 Å². The average Bonchev–Trinajstić information content (AvgIpc) is 2.96. The second-order valence-electron chi connectivity index (χ2n) is 5.81. The van der Waals surface area contributed by atoms with Crippen LogP contribution in [0.25, 0.3) is 0 Å². The van der Waals surface area contributed by atoms with Crippen molar-refractivity contribution in [3.8, 4) is 11.5 Å². The molecule has 4 rings (SSSR count). The fraction of sp³-hybridized carbons (Fsp3) is 0.278. The maximum Gasteiger partial charge on any atom is 0.231 e. The van der Waals surface area contributed by atoms with Crippen LogP contribution in [0.4, 0.5) is 4.39 Å². The van der Waals surface area contributed by atoms with Gasteiger partial charge in [-0.05, 0) is 41.8 Å². The first-order valence-corrected chi connectivity index (χ1v) is 7.64. The number of carbonyl (C=O) groups excluding carboxylic acids is 1. The Labute approximate surface area is 133 Å². The highest BCUT2D eigenvalue weighted by Gasteiger charge is 2.33. The standard InChI is InChI=1S/C18H16FNO3/c19-14-4-2-13(3-5-14)15-7-8-20(15)18(21)10-12-1-6-16-17(9-12)23-11-22-16/h1-6,9,15H,7-8,10-11H2/t15-/m1/s1. The molecule has 2 aromatic rings. The van der Waals surface area contributed by atoms with Crippen molar-refractivity contribution >= 4 is 5.91 Å². The van der Waals surface area contributed by atoms with Crippen LogP contribution in [-0.2, 0) is 11.2 Å². The van der Waals surface area contributed by atoms with Crippen LogP contribution < -0.4 is 9.47 Å². The molecular formula is C18H16FNO3. The number of likely N-dealkylation sites (tertiary alicyclic amines) is 1. The summed E-state index contributed by atoms with van der Waals surface area (Å²) in [6.45, 7) is 0.969. The molecule has 2 aliphatic heterocycles. The molecule has 23 heavy (non-hydrogen) atoms. The Morgan fingerprint density at radius 3 is 2.65 bits per heavy atom. The van der Waals surface area contributed by atoms with Crippen molar-refractivity contribution in [1.29, 1.82) is 0 Å². The van der Waals surface area contributed by atoms with Gasteiger partial charge in [-0.3, -0.25) is 4.79 Å². The summed E-state index contributed by atoms with van der Waals surface area (Å²) in [6, 6.07) is 12.0. The molecule has 4 nitrogen and oxygen atoms in total. The van der Waals surface area contributed by atoms with Crippen LogP contribution in [0.5, 0.6) is 11.5 Å². The normalized spacial score (nSPS) is 18.7. The van der Waals surface area contributed by atoms with Gasteiger partial charge in [-0.1, -0.05) is 18.2 Å². The Bertz CT molecular complexity index is 744. The number of hydrogen-bond donors (Lipinski definition) is 0. The van der Waals surface area contributed by atoms with Gasteiger partial charge in [0, 0.05) is 6.54 Å².